The second-order valence-corrected chi connectivity index (χ2v) is 2.78. The first-order valence-corrected chi connectivity index (χ1v) is 4.98. The Morgan fingerprint density at radius 3 is 2.38 bits per heavy atom. The Morgan fingerprint density at radius 2 is 1.92 bits per heavy atom. The molecule has 0 fully saturated rings. The van der Waals surface area contributed by atoms with Gasteiger partial charge in [-0.1, -0.05) is 13.8 Å². The van der Waals surface area contributed by atoms with E-state index in [-0.39, 0.29) is 11.9 Å². The highest BCUT2D eigenvalue weighted by Gasteiger charge is 2.13. The van der Waals surface area contributed by atoms with E-state index in [0.717, 1.165) is 6.42 Å². The topological polar surface area (TPSA) is 35.5 Å². The first-order valence-electron chi connectivity index (χ1n) is 4.98. The van der Waals surface area contributed by atoms with Crippen LogP contribution in [0.5, 0.6) is 0 Å². The van der Waals surface area contributed by atoms with Gasteiger partial charge in [0.2, 0.25) is 0 Å². The van der Waals surface area contributed by atoms with Gasteiger partial charge in [-0.25, -0.2) is 0 Å². The van der Waals surface area contributed by atoms with Crippen LogP contribution in [0.4, 0.5) is 0 Å². The molecule has 0 bridgehead atoms. The van der Waals surface area contributed by atoms with Crippen LogP contribution in [-0.4, -0.2) is 31.7 Å². The molecule has 0 aromatic carbocycles. The van der Waals surface area contributed by atoms with Gasteiger partial charge in [0.1, 0.15) is 6.10 Å². The molecule has 0 aromatic rings. The van der Waals surface area contributed by atoms with Crippen LogP contribution < -0.4 is 0 Å². The Morgan fingerprint density at radius 1 is 1.23 bits per heavy atom. The predicted octanol–water partition coefficient (Wildman–Crippen LogP) is 1.80. The van der Waals surface area contributed by atoms with Crippen molar-refractivity contribution in [2.24, 2.45) is 0 Å². The fourth-order valence-corrected chi connectivity index (χ4v) is 1.06. The Bertz CT molecular complexity index is 134. The molecule has 0 aliphatic heterocycles. The van der Waals surface area contributed by atoms with Gasteiger partial charge in [0.25, 0.3) is 0 Å². The quantitative estimate of drug-likeness (QED) is 0.545. The van der Waals surface area contributed by atoms with Crippen LogP contribution in [0.25, 0.3) is 0 Å². The number of carbonyl (C=O) groups is 1. The van der Waals surface area contributed by atoms with Crippen molar-refractivity contribution in [3.8, 4) is 0 Å². The molecule has 0 saturated carbocycles. The number of carbonyl (C=O) groups excluding carboxylic acids is 1. The summed E-state index contributed by atoms with van der Waals surface area (Å²) < 4.78 is 10.5. The highest BCUT2D eigenvalue weighted by molar-refractivity contribution is 5.82. The zero-order chi connectivity index (χ0) is 10.1. The summed E-state index contributed by atoms with van der Waals surface area (Å²) in [5, 5.41) is 0. The molecule has 13 heavy (non-hydrogen) atoms. The maximum absolute atomic E-state index is 11.2. The van der Waals surface area contributed by atoms with Gasteiger partial charge in [-0.15, -0.1) is 0 Å². The van der Waals surface area contributed by atoms with Crippen molar-refractivity contribution in [3.05, 3.63) is 0 Å². The van der Waals surface area contributed by atoms with Crippen LogP contribution in [-0.2, 0) is 14.3 Å². The van der Waals surface area contributed by atoms with Crippen molar-refractivity contribution in [1.29, 1.82) is 0 Å². The number of Topliss-reactive ketones (excluding diaryl/α,β-unsaturated/α-hetero) is 1. The monoisotopic (exact) mass is 188 g/mol. The molecule has 78 valence electrons. The average molecular weight is 188 g/mol. The van der Waals surface area contributed by atoms with E-state index < -0.39 is 0 Å². The SMILES string of the molecule is CCOCCOC(CC)C(=O)CC. The third-order valence-electron chi connectivity index (χ3n) is 1.83. The first-order chi connectivity index (χ1) is 6.26. The minimum Gasteiger partial charge on any atom is -0.379 e. The molecule has 0 amide bonds. The molecular weight excluding hydrogens is 168 g/mol. The predicted molar refractivity (Wildman–Crippen MR) is 51.8 cm³/mol. The number of rotatable bonds is 8. The van der Waals surface area contributed by atoms with Crippen LogP contribution in [0.1, 0.15) is 33.6 Å². The van der Waals surface area contributed by atoms with Crippen molar-refractivity contribution >= 4 is 5.78 Å². The summed E-state index contributed by atoms with van der Waals surface area (Å²) in [7, 11) is 0. The van der Waals surface area contributed by atoms with Crippen LogP contribution >= 0.6 is 0 Å². The van der Waals surface area contributed by atoms with E-state index >= 15 is 0 Å². The van der Waals surface area contributed by atoms with Crippen LogP contribution in [0.3, 0.4) is 0 Å². The maximum Gasteiger partial charge on any atom is 0.161 e. The van der Waals surface area contributed by atoms with Gasteiger partial charge >= 0.3 is 0 Å². The average Bonchev–Trinajstić information content (AvgIpc) is 2.17. The van der Waals surface area contributed by atoms with Crippen molar-refractivity contribution in [3.63, 3.8) is 0 Å². The van der Waals surface area contributed by atoms with E-state index in [1.54, 1.807) is 0 Å². The second-order valence-electron chi connectivity index (χ2n) is 2.78. The lowest BCUT2D eigenvalue weighted by molar-refractivity contribution is -0.131. The lowest BCUT2D eigenvalue weighted by Crippen LogP contribution is -2.24. The second kappa shape index (κ2) is 8.20. The number of hydrogen-bond acceptors (Lipinski definition) is 3. The number of ether oxygens (including phenoxy) is 2. The fourth-order valence-electron chi connectivity index (χ4n) is 1.06. The highest BCUT2D eigenvalue weighted by atomic mass is 16.5. The highest BCUT2D eigenvalue weighted by Crippen LogP contribution is 2.02. The van der Waals surface area contributed by atoms with Gasteiger partial charge in [-0.2, -0.15) is 0 Å². The minimum absolute atomic E-state index is 0.180. The van der Waals surface area contributed by atoms with Gasteiger partial charge in [0.15, 0.2) is 5.78 Å². The summed E-state index contributed by atoms with van der Waals surface area (Å²) >= 11 is 0. The van der Waals surface area contributed by atoms with E-state index in [4.69, 9.17) is 9.47 Å². The molecule has 0 N–H and O–H groups in total. The smallest absolute Gasteiger partial charge is 0.161 e. The third-order valence-corrected chi connectivity index (χ3v) is 1.83. The Kier molecular flexibility index (Phi) is 7.94. The fraction of sp³-hybridized carbons (Fsp3) is 0.900. The summed E-state index contributed by atoms with van der Waals surface area (Å²) in [6.07, 6.45) is 1.07. The van der Waals surface area contributed by atoms with Crippen molar-refractivity contribution in [2.75, 3.05) is 19.8 Å². The van der Waals surface area contributed by atoms with Crippen LogP contribution in [0.15, 0.2) is 0 Å². The van der Waals surface area contributed by atoms with E-state index in [9.17, 15) is 4.79 Å². The van der Waals surface area contributed by atoms with Gasteiger partial charge in [0, 0.05) is 13.0 Å². The summed E-state index contributed by atoms with van der Waals surface area (Å²) in [5.74, 6) is 0.180. The largest absolute Gasteiger partial charge is 0.379 e. The number of ketones is 1. The molecule has 0 spiro atoms. The molecule has 0 saturated heterocycles. The lowest BCUT2D eigenvalue weighted by atomic mass is 10.1. The normalized spacial score (nSPS) is 12.8. The molecule has 0 aliphatic carbocycles. The van der Waals surface area contributed by atoms with Gasteiger partial charge in [0.05, 0.1) is 13.2 Å². The van der Waals surface area contributed by atoms with Crippen LogP contribution in [0.2, 0.25) is 0 Å². The van der Waals surface area contributed by atoms with Gasteiger partial charge in [-0.3, -0.25) is 4.79 Å². The molecule has 1 unspecified atom stereocenters. The molecule has 0 aliphatic rings. The molecule has 3 heteroatoms. The Balaban J connectivity index is 3.53. The molecule has 0 aromatic heterocycles. The molecule has 0 heterocycles. The minimum atomic E-state index is -0.231. The summed E-state index contributed by atoms with van der Waals surface area (Å²) in [4.78, 5) is 11.2. The van der Waals surface area contributed by atoms with Crippen molar-refractivity contribution in [2.45, 2.75) is 39.7 Å². The van der Waals surface area contributed by atoms with Gasteiger partial charge < -0.3 is 9.47 Å². The molecule has 0 radical (unpaired) electrons. The molecule has 3 nitrogen and oxygen atoms in total. The number of hydrogen-bond donors (Lipinski definition) is 0. The van der Waals surface area contributed by atoms with Crippen molar-refractivity contribution in [1.82, 2.24) is 0 Å². The van der Waals surface area contributed by atoms with E-state index in [0.29, 0.717) is 26.2 Å². The Labute approximate surface area is 80.4 Å². The van der Waals surface area contributed by atoms with E-state index in [1.807, 2.05) is 20.8 Å². The zero-order valence-electron chi connectivity index (χ0n) is 8.84. The van der Waals surface area contributed by atoms with Crippen molar-refractivity contribution < 1.29 is 14.3 Å². The summed E-state index contributed by atoms with van der Waals surface area (Å²) in [6.45, 7) is 7.54. The van der Waals surface area contributed by atoms with E-state index in [1.165, 1.54) is 0 Å². The van der Waals surface area contributed by atoms with Gasteiger partial charge in [-0.05, 0) is 13.3 Å². The van der Waals surface area contributed by atoms with E-state index in [2.05, 4.69) is 0 Å². The lowest BCUT2D eigenvalue weighted by Gasteiger charge is -2.13. The summed E-state index contributed by atoms with van der Waals surface area (Å²) in [5.41, 5.74) is 0. The molecule has 0 rings (SSSR count). The van der Waals surface area contributed by atoms with Crippen LogP contribution in [0, 0.1) is 0 Å². The molecular formula is C10H20O3. The summed E-state index contributed by atoms with van der Waals surface area (Å²) in [6, 6.07) is 0. The maximum atomic E-state index is 11.2. The molecule has 1 atom stereocenters. The zero-order valence-corrected chi connectivity index (χ0v) is 8.84. The standard InChI is InChI=1S/C10H20O3/c1-4-9(11)10(5-2)13-8-7-12-6-3/h10H,4-8H2,1-3H3. The third kappa shape index (κ3) is 5.77. The first kappa shape index (κ1) is 12.6. The Hall–Kier alpha value is -0.410.